The maximum absolute atomic E-state index is 2.78. The molecule has 5 aliphatic rings. The van der Waals surface area contributed by atoms with E-state index in [1.807, 2.05) is 0 Å². The van der Waals surface area contributed by atoms with Crippen molar-refractivity contribution in [2.75, 3.05) is 9.71 Å². The Morgan fingerprint density at radius 1 is 0.400 bits per heavy atom. The fourth-order valence-electron chi connectivity index (χ4n) is 13.2. The van der Waals surface area contributed by atoms with Gasteiger partial charge in [0.25, 0.3) is 0 Å². The average molecular weight is 855 g/mol. The molecule has 65 heavy (non-hydrogen) atoms. The van der Waals surface area contributed by atoms with Crippen molar-refractivity contribution < 1.29 is 0 Å². The molecule has 0 spiro atoms. The summed E-state index contributed by atoms with van der Waals surface area (Å²) in [4.78, 5) is 5.52. The highest BCUT2D eigenvalue weighted by Gasteiger charge is 2.50. The first kappa shape index (κ1) is 42.6. The molecule has 3 heteroatoms. The summed E-state index contributed by atoms with van der Waals surface area (Å²) in [6.07, 6.45) is 7.14. The number of nitrogens with zero attached hydrogens (tertiary/aromatic N) is 2. The fraction of sp³-hybridized carbons (Fsp3) is 0.419. The van der Waals surface area contributed by atoms with Crippen LogP contribution < -0.4 is 20.6 Å². The Hall–Kier alpha value is -5.02. The number of anilines is 5. The highest BCUT2D eigenvalue weighted by molar-refractivity contribution is 6.93. The molecular weight excluding hydrogens is 784 g/mol. The van der Waals surface area contributed by atoms with Crippen LogP contribution in [0.3, 0.4) is 0 Å². The van der Waals surface area contributed by atoms with Crippen molar-refractivity contribution in [3.05, 3.63) is 148 Å². The molecule has 332 valence electrons. The summed E-state index contributed by atoms with van der Waals surface area (Å²) >= 11 is 0. The van der Waals surface area contributed by atoms with Crippen LogP contribution >= 0.6 is 0 Å². The molecule has 6 aromatic rings. The number of hydrogen-bond donors (Lipinski definition) is 0. The Bertz CT molecular complexity index is 2960. The molecule has 6 aromatic carbocycles. The van der Waals surface area contributed by atoms with Gasteiger partial charge in [-0.15, -0.1) is 0 Å². The Morgan fingerprint density at radius 3 is 1.38 bits per heavy atom. The Morgan fingerprint density at radius 2 is 0.846 bits per heavy atom. The van der Waals surface area contributed by atoms with Crippen LogP contribution in [0.15, 0.2) is 103 Å². The first-order valence-electron chi connectivity index (χ1n) is 24.9. The molecule has 2 heterocycles. The van der Waals surface area contributed by atoms with Crippen molar-refractivity contribution in [1.82, 2.24) is 0 Å². The first-order valence-corrected chi connectivity index (χ1v) is 24.9. The maximum atomic E-state index is 2.78. The van der Waals surface area contributed by atoms with Crippen LogP contribution in [-0.4, -0.2) is 6.85 Å². The number of aryl methyl sites for hydroxylation is 2. The van der Waals surface area contributed by atoms with E-state index in [0.29, 0.717) is 0 Å². The standard InChI is InChI=1S/C62H71BN2/c1-38-30-44-43-33-46-49(61(11,12)28-25-58(46,5)6)36-53(43)65(42-22-20-41(21-23-42)40-18-16-15-17-19-40)63-51-34-47-50(62(13,14)29-26-59(47,7)8)37-54(51)64(55(31-38)56(44)63)52-35-48-45(32-39(52)2)57(3,4)24-27-60(48,9)10/h15-23,30-37H,24-29H2,1-14H3. The van der Waals surface area contributed by atoms with Gasteiger partial charge in [0.2, 0.25) is 0 Å². The molecule has 0 saturated heterocycles. The lowest BCUT2D eigenvalue weighted by molar-refractivity contribution is 0.331. The summed E-state index contributed by atoms with van der Waals surface area (Å²) in [5.74, 6) is 0. The van der Waals surface area contributed by atoms with Crippen LogP contribution in [0.2, 0.25) is 0 Å². The van der Waals surface area contributed by atoms with E-state index < -0.39 is 0 Å². The summed E-state index contributed by atoms with van der Waals surface area (Å²) in [6.45, 7) is 34.5. The predicted octanol–water partition coefficient (Wildman–Crippen LogP) is 15.7. The summed E-state index contributed by atoms with van der Waals surface area (Å²) in [5, 5.41) is 0. The van der Waals surface area contributed by atoms with Gasteiger partial charge in [-0.05, 0) is 199 Å². The van der Waals surface area contributed by atoms with E-state index >= 15 is 0 Å². The van der Waals surface area contributed by atoms with Gasteiger partial charge in [-0.3, -0.25) is 0 Å². The molecule has 0 amide bonds. The van der Waals surface area contributed by atoms with Gasteiger partial charge in [0.05, 0.1) is 0 Å². The summed E-state index contributed by atoms with van der Waals surface area (Å²) < 4.78 is 0. The zero-order chi connectivity index (χ0) is 46.0. The third-order valence-electron chi connectivity index (χ3n) is 17.8. The molecule has 0 N–H and O–H groups in total. The molecule has 0 fully saturated rings. The zero-order valence-electron chi connectivity index (χ0n) is 42.0. The van der Waals surface area contributed by atoms with Crippen LogP contribution in [-0.2, 0) is 32.5 Å². The normalized spacial score (nSPS) is 20.7. The van der Waals surface area contributed by atoms with Gasteiger partial charge in [-0.2, -0.15) is 0 Å². The Balaban J connectivity index is 1.27. The first-order chi connectivity index (χ1) is 30.5. The monoisotopic (exact) mass is 855 g/mol. The van der Waals surface area contributed by atoms with Gasteiger partial charge in [-0.1, -0.05) is 144 Å². The second-order valence-corrected chi connectivity index (χ2v) is 25.1. The Kier molecular flexibility index (Phi) is 9.03. The number of hydrogen-bond acceptors (Lipinski definition) is 2. The molecule has 0 aromatic heterocycles. The maximum Gasteiger partial charge on any atom is 0.333 e. The third kappa shape index (κ3) is 6.33. The molecule has 2 aliphatic heterocycles. The van der Waals surface area contributed by atoms with E-state index in [0.717, 1.165) is 0 Å². The van der Waals surface area contributed by atoms with Crippen molar-refractivity contribution in [3.63, 3.8) is 0 Å². The van der Waals surface area contributed by atoms with Crippen LogP contribution in [0.4, 0.5) is 28.4 Å². The quantitative estimate of drug-likeness (QED) is 0.164. The van der Waals surface area contributed by atoms with E-state index in [9.17, 15) is 0 Å². The summed E-state index contributed by atoms with van der Waals surface area (Å²) in [6, 6.07) is 41.4. The zero-order valence-corrected chi connectivity index (χ0v) is 42.0. The highest BCUT2D eigenvalue weighted by Crippen LogP contribution is 2.56. The highest BCUT2D eigenvalue weighted by atomic mass is 15.2. The van der Waals surface area contributed by atoms with Gasteiger partial charge >= 0.3 is 6.85 Å². The topological polar surface area (TPSA) is 6.48 Å². The van der Waals surface area contributed by atoms with Crippen molar-refractivity contribution in [2.24, 2.45) is 0 Å². The van der Waals surface area contributed by atoms with Crippen molar-refractivity contribution in [1.29, 1.82) is 0 Å². The Labute approximate surface area is 392 Å². The smallest absolute Gasteiger partial charge is 0.333 e. The van der Waals surface area contributed by atoms with Crippen molar-refractivity contribution >= 4 is 46.2 Å². The number of fused-ring (bicyclic) bond motifs is 7. The van der Waals surface area contributed by atoms with Gasteiger partial charge in [0.1, 0.15) is 0 Å². The minimum atomic E-state index is -0.0286. The average Bonchev–Trinajstić information content (AvgIpc) is 3.25. The summed E-state index contributed by atoms with van der Waals surface area (Å²) in [7, 11) is 0. The summed E-state index contributed by atoms with van der Waals surface area (Å²) in [5.41, 5.74) is 26.9. The lowest BCUT2D eigenvalue weighted by atomic mass is 9.42. The second kappa shape index (κ2) is 13.8. The molecule has 0 bridgehead atoms. The molecule has 0 unspecified atom stereocenters. The lowest BCUT2D eigenvalue weighted by Gasteiger charge is -2.50. The van der Waals surface area contributed by atoms with Crippen LogP contribution in [0.25, 0.3) is 22.3 Å². The minimum absolute atomic E-state index is 0.0286. The SMILES string of the molecule is Cc1cc2c3c(c1)N(c1cc4c(cc1C)C(C)(C)CCC4(C)C)c1cc4c(cc1B3N(c1ccc(-c3ccccc3)cc1)c1cc3c(cc1-2)C(C)(C)CCC3(C)C)C(C)(C)CCC4(C)C. The number of rotatable bonds is 3. The van der Waals surface area contributed by atoms with Gasteiger partial charge < -0.3 is 9.71 Å². The molecule has 0 radical (unpaired) electrons. The van der Waals surface area contributed by atoms with Gasteiger partial charge in [0, 0.05) is 34.0 Å². The van der Waals surface area contributed by atoms with E-state index in [1.54, 1.807) is 0 Å². The third-order valence-corrected chi connectivity index (χ3v) is 17.8. The van der Waals surface area contributed by atoms with Crippen LogP contribution in [0, 0.1) is 13.8 Å². The molecular formula is C62H71BN2. The van der Waals surface area contributed by atoms with Crippen molar-refractivity contribution in [2.45, 2.75) is 168 Å². The number of benzene rings is 6. The largest absolute Gasteiger partial charge is 0.376 e. The van der Waals surface area contributed by atoms with Gasteiger partial charge in [0.15, 0.2) is 0 Å². The van der Waals surface area contributed by atoms with Crippen molar-refractivity contribution in [3.8, 4) is 22.3 Å². The van der Waals surface area contributed by atoms with E-state index in [1.165, 1.54) is 145 Å². The predicted molar refractivity (Wildman–Crippen MR) is 281 cm³/mol. The van der Waals surface area contributed by atoms with Crippen LogP contribution in [0.5, 0.6) is 0 Å². The van der Waals surface area contributed by atoms with E-state index in [-0.39, 0.29) is 39.3 Å². The molecule has 3 aliphatic carbocycles. The molecule has 11 rings (SSSR count). The van der Waals surface area contributed by atoms with E-state index in [2.05, 4.69) is 210 Å². The fourth-order valence-corrected chi connectivity index (χ4v) is 13.2. The minimum Gasteiger partial charge on any atom is -0.376 e. The van der Waals surface area contributed by atoms with E-state index in [4.69, 9.17) is 0 Å². The molecule has 0 saturated carbocycles. The van der Waals surface area contributed by atoms with Crippen LogP contribution in [0.1, 0.15) is 166 Å². The molecule has 2 nitrogen and oxygen atoms in total. The molecule has 0 atom stereocenters. The van der Waals surface area contributed by atoms with Gasteiger partial charge in [-0.25, -0.2) is 0 Å². The lowest BCUT2D eigenvalue weighted by Crippen LogP contribution is -2.62. The second-order valence-electron chi connectivity index (χ2n) is 25.1.